The smallest absolute Gasteiger partial charge is 0.354 e. The fourth-order valence-electron chi connectivity index (χ4n) is 2.38. The minimum absolute atomic E-state index is 0.200. The molecule has 0 saturated heterocycles. The number of ether oxygens (including phenoxy) is 1. The molecule has 1 heterocycles. The van der Waals surface area contributed by atoms with E-state index >= 15 is 0 Å². The summed E-state index contributed by atoms with van der Waals surface area (Å²) < 4.78 is 6.37. The van der Waals surface area contributed by atoms with Gasteiger partial charge in [-0.15, -0.1) is 0 Å². The van der Waals surface area contributed by atoms with Crippen LogP contribution in [0.3, 0.4) is 0 Å². The van der Waals surface area contributed by atoms with Crippen molar-refractivity contribution in [2.24, 2.45) is 5.73 Å². The first-order chi connectivity index (χ1) is 11.6. The number of carbonyl (C=O) groups is 1. The highest BCUT2D eigenvalue weighted by molar-refractivity contribution is 5.86. The Hall–Kier alpha value is -2.18. The number of nitrogens with two attached hydrogens (primary N) is 1. The topological polar surface area (TPSA) is 90.4 Å². The van der Waals surface area contributed by atoms with Gasteiger partial charge in [0.05, 0.1) is 18.2 Å². The van der Waals surface area contributed by atoms with Crippen molar-refractivity contribution in [2.45, 2.75) is 33.1 Å². The normalized spacial score (nSPS) is 10.2. The minimum Gasteiger partial charge on any atom is -0.477 e. The molecule has 0 saturated carbocycles. The monoisotopic (exact) mass is 333 g/mol. The minimum atomic E-state index is -0.958. The predicted molar refractivity (Wildman–Crippen MR) is 94.8 cm³/mol. The molecule has 0 unspecified atom stereocenters. The lowest BCUT2D eigenvalue weighted by Crippen LogP contribution is -2.10. The van der Waals surface area contributed by atoms with Gasteiger partial charge in [0.2, 0.25) is 0 Å². The standard InChI is InChI=1S/C14H16N2O2.C4H11NO/c1-3-10-6-5-7-11(4-2)13(10)16-9-15-8-12(16)14(17)18;1-6-4-2-3-5/h5-9H,3-4H2,1-2H3,(H,17,18);2-5H2,1H3. The van der Waals surface area contributed by atoms with Gasteiger partial charge >= 0.3 is 5.97 Å². The Balaban J connectivity index is 0.000000413. The van der Waals surface area contributed by atoms with Crippen molar-refractivity contribution in [3.63, 3.8) is 0 Å². The highest BCUT2D eigenvalue weighted by Gasteiger charge is 2.15. The number of nitrogens with zero attached hydrogens (tertiary/aromatic N) is 2. The second kappa shape index (κ2) is 10.6. The molecular formula is C18H27N3O3. The van der Waals surface area contributed by atoms with Gasteiger partial charge in [0.1, 0.15) is 0 Å². The fraction of sp³-hybridized carbons (Fsp3) is 0.444. The van der Waals surface area contributed by atoms with Crippen LogP contribution in [-0.2, 0) is 17.6 Å². The molecule has 0 fully saturated rings. The van der Waals surface area contributed by atoms with Gasteiger partial charge < -0.3 is 15.6 Å². The number of hydrogen-bond acceptors (Lipinski definition) is 4. The maximum atomic E-state index is 11.2. The molecule has 24 heavy (non-hydrogen) atoms. The number of aromatic nitrogens is 2. The van der Waals surface area contributed by atoms with Crippen LogP contribution < -0.4 is 5.73 Å². The zero-order valence-electron chi connectivity index (χ0n) is 14.7. The summed E-state index contributed by atoms with van der Waals surface area (Å²) in [5.41, 5.74) is 8.56. The molecule has 3 N–H and O–H groups in total. The summed E-state index contributed by atoms with van der Waals surface area (Å²) in [6.07, 6.45) is 5.64. The van der Waals surface area contributed by atoms with Crippen molar-refractivity contribution >= 4 is 5.97 Å². The van der Waals surface area contributed by atoms with Crippen LogP contribution in [0.4, 0.5) is 0 Å². The van der Waals surface area contributed by atoms with Gasteiger partial charge in [-0.2, -0.15) is 0 Å². The number of carboxylic acid groups (broad SMARTS) is 1. The molecule has 1 aromatic carbocycles. The lowest BCUT2D eigenvalue weighted by atomic mass is 10.0. The number of imidazole rings is 1. The summed E-state index contributed by atoms with van der Waals surface area (Å²) >= 11 is 0. The van der Waals surface area contributed by atoms with Crippen LogP contribution >= 0.6 is 0 Å². The zero-order valence-corrected chi connectivity index (χ0v) is 14.7. The molecule has 1 aromatic heterocycles. The first-order valence-corrected chi connectivity index (χ1v) is 8.16. The van der Waals surface area contributed by atoms with Crippen molar-refractivity contribution in [1.29, 1.82) is 0 Å². The zero-order chi connectivity index (χ0) is 17.9. The Kier molecular flexibility index (Phi) is 8.75. The van der Waals surface area contributed by atoms with Crippen molar-refractivity contribution < 1.29 is 14.6 Å². The summed E-state index contributed by atoms with van der Waals surface area (Å²) in [6, 6.07) is 6.07. The van der Waals surface area contributed by atoms with Crippen molar-refractivity contribution in [1.82, 2.24) is 9.55 Å². The van der Waals surface area contributed by atoms with Crippen molar-refractivity contribution in [3.05, 3.63) is 47.5 Å². The summed E-state index contributed by atoms with van der Waals surface area (Å²) in [6.45, 7) is 5.65. The maximum absolute atomic E-state index is 11.2. The molecule has 0 radical (unpaired) electrons. The van der Waals surface area contributed by atoms with Gasteiger partial charge in [0.15, 0.2) is 5.69 Å². The number of rotatable bonds is 7. The van der Waals surface area contributed by atoms with E-state index in [1.807, 2.05) is 18.2 Å². The van der Waals surface area contributed by atoms with Crippen LogP contribution in [0.2, 0.25) is 0 Å². The Morgan fingerprint density at radius 1 is 1.29 bits per heavy atom. The highest BCUT2D eigenvalue weighted by Crippen LogP contribution is 2.22. The van der Waals surface area contributed by atoms with Crippen molar-refractivity contribution in [2.75, 3.05) is 20.3 Å². The Bertz CT molecular complexity index is 612. The second-order valence-electron chi connectivity index (χ2n) is 5.22. The van der Waals surface area contributed by atoms with Crippen LogP contribution in [0, 0.1) is 0 Å². The third kappa shape index (κ3) is 5.18. The molecule has 6 heteroatoms. The van der Waals surface area contributed by atoms with E-state index in [1.54, 1.807) is 18.0 Å². The molecule has 0 atom stereocenters. The van der Waals surface area contributed by atoms with Gasteiger partial charge in [-0.05, 0) is 36.9 Å². The maximum Gasteiger partial charge on any atom is 0.354 e. The SMILES string of the molecule is CCc1cccc(CC)c1-n1cncc1C(=O)O.COCCCN. The van der Waals surface area contributed by atoms with Crippen LogP contribution in [0.25, 0.3) is 5.69 Å². The van der Waals surface area contributed by atoms with Crippen LogP contribution in [0.5, 0.6) is 0 Å². The van der Waals surface area contributed by atoms with E-state index in [4.69, 9.17) is 10.5 Å². The summed E-state index contributed by atoms with van der Waals surface area (Å²) in [7, 11) is 1.68. The quantitative estimate of drug-likeness (QED) is 0.760. The Labute approximate surface area is 143 Å². The Morgan fingerprint density at radius 3 is 2.33 bits per heavy atom. The molecule has 2 rings (SSSR count). The fourth-order valence-corrected chi connectivity index (χ4v) is 2.38. The summed E-state index contributed by atoms with van der Waals surface area (Å²) in [4.78, 5) is 15.1. The largest absolute Gasteiger partial charge is 0.477 e. The van der Waals surface area contributed by atoms with Crippen LogP contribution in [0.1, 0.15) is 41.9 Å². The van der Waals surface area contributed by atoms with Gasteiger partial charge in [-0.1, -0.05) is 32.0 Å². The van der Waals surface area contributed by atoms with E-state index in [9.17, 15) is 9.90 Å². The molecule has 0 bridgehead atoms. The van der Waals surface area contributed by atoms with Gasteiger partial charge in [-0.25, -0.2) is 9.78 Å². The molecule has 0 aliphatic rings. The molecule has 132 valence electrons. The van der Waals surface area contributed by atoms with E-state index < -0.39 is 5.97 Å². The van der Waals surface area contributed by atoms with Gasteiger partial charge in [0, 0.05) is 13.7 Å². The number of para-hydroxylation sites is 1. The van der Waals surface area contributed by atoms with Gasteiger partial charge in [0.25, 0.3) is 0 Å². The summed E-state index contributed by atoms with van der Waals surface area (Å²) in [5, 5.41) is 9.18. The summed E-state index contributed by atoms with van der Waals surface area (Å²) in [5.74, 6) is -0.958. The first-order valence-electron chi connectivity index (χ1n) is 8.16. The van der Waals surface area contributed by atoms with Gasteiger partial charge in [-0.3, -0.25) is 4.57 Å². The van der Waals surface area contributed by atoms with E-state index in [0.29, 0.717) is 0 Å². The van der Waals surface area contributed by atoms with E-state index in [2.05, 4.69) is 18.8 Å². The van der Waals surface area contributed by atoms with E-state index in [1.165, 1.54) is 6.20 Å². The third-order valence-corrected chi connectivity index (χ3v) is 3.62. The first kappa shape index (κ1) is 19.9. The highest BCUT2D eigenvalue weighted by atomic mass is 16.5. The van der Waals surface area contributed by atoms with E-state index in [-0.39, 0.29) is 5.69 Å². The van der Waals surface area contributed by atoms with Crippen LogP contribution in [0.15, 0.2) is 30.7 Å². The number of aryl methyl sites for hydroxylation is 2. The molecule has 6 nitrogen and oxygen atoms in total. The number of aromatic carboxylic acids is 1. The van der Waals surface area contributed by atoms with Crippen molar-refractivity contribution in [3.8, 4) is 5.69 Å². The molecular weight excluding hydrogens is 306 g/mol. The third-order valence-electron chi connectivity index (χ3n) is 3.62. The molecule has 0 amide bonds. The average molecular weight is 333 g/mol. The average Bonchev–Trinajstić information content (AvgIpc) is 3.09. The number of methoxy groups -OCH3 is 1. The lowest BCUT2D eigenvalue weighted by Gasteiger charge is -2.15. The second-order valence-corrected chi connectivity index (χ2v) is 5.22. The predicted octanol–water partition coefficient (Wildman–Crippen LogP) is 2.68. The molecule has 0 aliphatic carbocycles. The molecule has 0 spiro atoms. The lowest BCUT2D eigenvalue weighted by molar-refractivity contribution is 0.0688. The molecule has 2 aromatic rings. The van der Waals surface area contributed by atoms with Crippen LogP contribution in [-0.4, -0.2) is 40.9 Å². The number of benzene rings is 1. The number of carboxylic acids is 1. The number of hydrogen-bond donors (Lipinski definition) is 2. The van der Waals surface area contributed by atoms with E-state index in [0.717, 1.165) is 49.2 Å². The molecule has 0 aliphatic heterocycles. The Morgan fingerprint density at radius 2 is 1.92 bits per heavy atom.